The maximum atomic E-state index is 11.3. The summed E-state index contributed by atoms with van der Waals surface area (Å²) in [4.78, 5) is 11.3. The van der Waals surface area contributed by atoms with Gasteiger partial charge in [0.15, 0.2) is 5.78 Å². The van der Waals surface area contributed by atoms with E-state index < -0.39 is 0 Å². The van der Waals surface area contributed by atoms with Crippen molar-refractivity contribution in [2.45, 2.75) is 27.2 Å². The molecule has 1 aromatic carbocycles. The summed E-state index contributed by atoms with van der Waals surface area (Å²) in [6, 6.07) is 5.57. The van der Waals surface area contributed by atoms with Crippen LogP contribution in [-0.4, -0.2) is 12.4 Å². The third kappa shape index (κ3) is 3.23. The molecule has 0 heterocycles. The SMILES string of the molecule is CC/C=C\COc1cccc(C(C)=O)c1C. The largest absolute Gasteiger partial charge is 0.489 e. The first kappa shape index (κ1) is 12.5. The lowest BCUT2D eigenvalue weighted by atomic mass is 10.1. The van der Waals surface area contributed by atoms with Crippen LogP contribution in [0.1, 0.15) is 36.2 Å². The van der Waals surface area contributed by atoms with Gasteiger partial charge in [0.25, 0.3) is 0 Å². The molecule has 0 aliphatic rings. The van der Waals surface area contributed by atoms with Gasteiger partial charge in [0.2, 0.25) is 0 Å². The number of ether oxygens (including phenoxy) is 1. The van der Waals surface area contributed by atoms with Crippen LogP contribution < -0.4 is 4.74 Å². The first-order valence-corrected chi connectivity index (χ1v) is 5.55. The van der Waals surface area contributed by atoms with Crippen LogP contribution in [0.5, 0.6) is 5.75 Å². The molecular formula is C14H18O2. The molecule has 0 saturated heterocycles. The van der Waals surface area contributed by atoms with Crippen LogP contribution in [0.25, 0.3) is 0 Å². The maximum Gasteiger partial charge on any atom is 0.160 e. The predicted molar refractivity (Wildman–Crippen MR) is 66.1 cm³/mol. The summed E-state index contributed by atoms with van der Waals surface area (Å²) in [5.41, 5.74) is 1.65. The number of Topliss-reactive ketones (excluding diaryl/α,β-unsaturated/α-hetero) is 1. The molecule has 1 aromatic rings. The molecule has 2 heteroatoms. The fourth-order valence-electron chi connectivity index (χ4n) is 1.52. The van der Waals surface area contributed by atoms with Crippen molar-refractivity contribution in [2.24, 2.45) is 0 Å². The highest BCUT2D eigenvalue weighted by atomic mass is 16.5. The van der Waals surface area contributed by atoms with Crippen LogP contribution in [0.4, 0.5) is 0 Å². The average Bonchev–Trinajstić information content (AvgIpc) is 2.26. The summed E-state index contributed by atoms with van der Waals surface area (Å²) in [6.07, 6.45) is 5.06. The molecule has 0 aliphatic heterocycles. The monoisotopic (exact) mass is 218 g/mol. The third-order valence-electron chi connectivity index (χ3n) is 2.40. The van der Waals surface area contributed by atoms with Gasteiger partial charge >= 0.3 is 0 Å². The van der Waals surface area contributed by atoms with Crippen molar-refractivity contribution in [3.05, 3.63) is 41.5 Å². The molecule has 0 unspecified atom stereocenters. The fraction of sp³-hybridized carbons (Fsp3) is 0.357. The molecule has 0 N–H and O–H groups in total. The smallest absolute Gasteiger partial charge is 0.160 e. The number of allylic oxidation sites excluding steroid dienone is 1. The zero-order valence-corrected chi connectivity index (χ0v) is 10.1. The van der Waals surface area contributed by atoms with E-state index in [0.717, 1.165) is 23.3 Å². The van der Waals surface area contributed by atoms with E-state index in [-0.39, 0.29) is 5.78 Å². The van der Waals surface area contributed by atoms with E-state index >= 15 is 0 Å². The van der Waals surface area contributed by atoms with Crippen molar-refractivity contribution < 1.29 is 9.53 Å². The topological polar surface area (TPSA) is 26.3 Å². The molecule has 0 bridgehead atoms. The number of rotatable bonds is 5. The second-order valence-corrected chi connectivity index (χ2v) is 3.68. The third-order valence-corrected chi connectivity index (χ3v) is 2.40. The van der Waals surface area contributed by atoms with Gasteiger partial charge in [0, 0.05) is 11.1 Å². The molecule has 86 valence electrons. The minimum Gasteiger partial charge on any atom is -0.489 e. The van der Waals surface area contributed by atoms with E-state index in [1.807, 2.05) is 31.2 Å². The number of ketones is 1. The molecule has 0 aliphatic carbocycles. The highest BCUT2D eigenvalue weighted by Crippen LogP contribution is 2.21. The fourth-order valence-corrected chi connectivity index (χ4v) is 1.52. The van der Waals surface area contributed by atoms with Crippen molar-refractivity contribution in [3.63, 3.8) is 0 Å². The van der Waals surface area contributed by atoms with Crippen molar-refractivity contribution in [2.75, 3.05) is 6.61 Å². The summed E-state index contributed by atoms with van der Waals surface area (Å²) in [5.74, 6) is 0.862. The molecule has 0 atom stereocenters. The Hall–Kier alpha value is -1.57. The van der Waals surface area contributed by atoms with Crippen LogP contribution in [0.2, 0.25) is 0 Å². The van der Waals surface area contributed by atoms with Crippen molar-refractivity contribution in [3.8, 4) is 5.75 Å². The van der Waals surface area contributed by atoms with Crippen LogP contribution in [0, 0.1) is 6.92 Å². The van der Waals surface area contributed by atoms with Gasteiger partial charge in [-0.1, -0.05) is 31.2 Å². The molecule has 1 rings (SSSR count). The Balaban J connectivity index is 2.77. The highest BCUT2D eigenvalue weighted by Gasteiger charge is 2.07. The summed E-state index contributed by atoms with van der Waals surface area (Å²) < 4.78 is 5.59. The lowest BCUT2D eigenvalue weighted by Gasteiger charge is -2.09. The lowest BCUT2D eigenvalue weighted by molar-refractivity contribution is 0.101. The lowest BCUT2D eigenvalue weighted by Crippen LogP contribution is -2.01. The van der Waals surface area contributed by atoms with Gasteiger partial charge in [-0.05, 0) is 26.3 Å². The second-order valence-electron chi connectivity index (χ2n) is 3.68. The minimum atomic E-state index is 0.0760. The second kappa shape index (κ2) is 6.11. The molecule has 16 heavy (non-hydrogen) atoms. The normalized spacial score (nSPS) is 10.7. The highest BCUT2D eigenvalue weighted by molar-refractivity contribution is 5.96. The van der Waals surface area contributed by atoms with Gasteiger partial charge in [-0.3, -0.25) is 4.79 Å². The summed E-state index contributed by atoms with van der Waals surface area (Å²) >= 11 is 0. The van der Waals surface area contributed by atoms with Crippen LogP contribution in [-0.2, 0) is 0 Å². The number of hydrogen-bond acceptors (Lipinski definition) is 2. The van der Waals surface area contributed by atoms with Gasteiger partial charge in [-0.2, -0.15) is 0 Å². The average molecular weight is 218 g/mol. The van der Waals surface area contributed by atoms with E-state index in [9.17, 15) is 4.79 Å². The molecule has 0 aromatic heterocycles. The number of benzene rings is 1. The number of carbonyl (C=O) groups excluding carboxylic acids is 1. The van der Waals surface area contributed by atoms with Crippen LogP contribution in [0.3, 0.4) is 0 Å². The number of carbonyl (C=O) groups is 1. The summed E-state index contributed by atoms with van der Waals surface area (Å²) in [6.45, 7) is 6.12. The van der Waals surface area contributed by atoms with Gasteiger partial charge in [-0.25, -0.2) is 0 Å². The molecule has 0 saturated carbocycles. The van der Waals surface area contributed by atoms with Crippen molar-refractivity contribution in [1.82, 2.24) is 0 Å². The van der Waals surface area contributed by atoms with Gasteiger partial charge in [0.1, 0.15) is 12.4 Å². The number of hydrogen-bond donors (Lipinski definition) is 0. The van der Waals surface area contributed by atoms with Gasteiger partial charge in [-0.15, -0.1) is 0 Å². The first-order chi connectivity index (χ1) is 7.66. The Morgan fingerprint density at radius 2 is 2.12 bits per heavy atom. The predicted octanol–water partition coefficient (Wildman–Crippen LogP) is 3.54. The molecule has 0 amide bonds. The Morgan fingerprint density at radius 3 is 2.75 bits per heavy atom. The quantitative estimate of drug-likeness (QED) is 0.558. The zero-order chi connectivity index (χ0) is 12.0. The molecule has 0 spiro atoms. The molecule has 2 nitrogen and oxygen atoms in total. The molecule has 0 radical (unpaired) electrons. The Bertz CT molecular complexity index is 392. The van der Waals surface area contributed by atoms with Crippen LogP contribution in [0.15, 0.2) is 30.4 Å². The minimum absolute atomic E-state index is 0.0760. The Kier molecular flexibility index (Phi) is 4.77. The van der Waals surface area contributed by atoms with Crippen LogP contribution >= 0.6 is 0 Å². The van der Waals surface area contributed by atoms with Gasteiger partial charge < -0.3 is 4.74 Å². The van der Waals surface area contributed by atoms with Crippen molar-refractivity contribution in [1.29, 1.82) is 0 Å². The van der Waals surface area contributed by atoms with Crippen molar-refractivity contribution >= 4 is 5.78 Å². The van der Waals surface area contributed by atoms with E-state index in [4.69, 9.17) is 4.74 Å². The molecule has 0 fully saturated rings. The van der Waals surface area contributed by atoms with E-state index in [0.29, 0.717) is 6.61 Å². The zero-order valence-electron chi connectivity index (χ0n) is 10.1. The first-order valence-electron chi connectivity index (χ1n) is 5.55. The van der Waals surface area contributed by atoms with E-state index in [2.05, 4.69) is 13.0 Å². The maximum absolute atomic E-state index is 11.3. The Labute approximate surface area is 96.9 Å². The summed E-state index contributed by atoms with van der Waals surface area (Å²) in [5, 5.41) is 0. The molecular weight excluding hydrogens is 200 g/mol. The standard InChI is InChI=1S/C14H18O2/c1-4-5-6-10-16-14-9-7-8-13(11(14)2)12(3)15/h5-9H,4,10H2,1-3H3/b6-5-. The Morgan fingerprint density at radius 1 is 1.38 bits per heavy atom. The summed E-state index contributed by atoms with van der Waals surface area (Å²) in [7, 11) is 0. The van der Waals surface area contributed by atoms with E-state index in [1.54, 1.807) is 6.92 Å². The van der Waals surface area contributed by atoms with E-state index in [1.165, 1.54) is 0 Å². The van der Waals surface area contributed by atoms with Gasteiger partial charge in [0.05, 0.1) is 0 Å².